The molecule has 0 aromatic heterocycles. The Morgan fingerprint density at radius 2 is 1.79 bits per heavy atom. The smallest absolute Gasteiger partial charge is 0.316 e. The summed E-state index contributed by atoms with van der Waals surface area (Å²) in [6.45, 7) is 4.68. The molecular weight excluding hydrogens is 309 g/mol. The summed E-state index contributed by atoms with van der Waals surface area (Å²) in [5.74, 6) is -1.43. The van der Waals surface area contributed by atoms with Crippen molar-refractivity contribution in [2.75, 3.05) is 11.9 Å². The van der Waals surface area contributed by atoms with Crippen molar-refractivity contribution in [1.29, 1.82) is 0 Å². The van der Waals surface area contributed by atoms with Gasteiger partial charge >= 0.3 is 5.97 Å². The van der Waals surface area contributed by atoms with Crippen LogP contribution < -0.4 is 5.32 Å². The highest BCUT2D eigenvalue weighted by atomic mass is 19.1. The Balaban J connectivity index is 1.93. The zero-order valence-corrected chi connectivity index (χ0v) is 13.9. The fraction of sp³-hybridized carbons (Fsp3) is 0.263. The number of rotatable bonds is 5. The van der Waals surface area contributed by atoms with Crippen molar-refractivity contribution in [3.8, 4) is 0 Å². The first-order chi connectivity index (χ1) is 11.3. The highest BCUT2D eigenvalue weighted by Gasteiger charge is 2.31. The van der Waals surface area contributed by atoms with Crippen LogP contribution in [0.2, 0.25) is 0 Å². The van der Waals surface area contributed by atoms with Gasteiger partial charge in [-0.3, -0.25) is 9.59 Å². The van der Waals surface area contributed by atoms with Gasteiger partial charge in [0.05, 0.1) is 5.41 Å². The van der Waals surface area contributed by atoms with Gasteiger partial charge in [0.25, 0.3) is 5.91 Å². The molecule has 0 bridgehead atoms. The van der Waals surface area contributed by atoms with Crippen LogP contribution in [0, 0.1) is 12.7 Å². The molecule has 2 aromatic carbocycles. The first-order valence-corrected chi connectivity index (χ1v) is 7.59. The van der Waals surface area contributed by atoms with Crippen molar-refractivity contribution in [3.63, 3.8) is 0 Å². The first-order valence-electron chi connectivity index (χ1n) is 7.59. The molecule has 5 heteroatoms. The van der Waals surface area contributed by atoms with E-state index in [1.54, 1.807) is 32.9 Å². The second kappa shape index (κ2) is 7.25. The molecule has 126 valence electrons. The molecule has 0 saturated carbocycles. The van der Waals surface area contributed by atoms with Gasteiger partial charge in [-0.1, -0.05) is 36.4 Å². The lowest BCUT2D eigenvalue weighted by molar-refractivity contribution is -0.152. The van der Waals surface area contributed by atoms with E-state index < -0.39 is 29.7 Å². The molecule has 0 aliphatic rings. The SMILES string of the molecule is Cc1ccc(NC(=O)COC(=O)C(C)(C)c2ccccc2)cc1F. The largest absolute Gasteiger partial charge is 0.455 e. The summed E-state index contributed by atoms with van der Waals surface area (Å²) >= 11 is 0. The third-order valence-electron chi connectivity index (χ3n) is 3.80. The minimum Gasteiger partial charge on any atom is -0.455 e. The van der Waals surface area contributed by atoms with Gasteiger partial charge in [0.1, 0.15) is 5.82 Å². The van der Waals surface area contributed by atoms with Crippen LogP contribution in [0.4, 0.5) is 10.1 Å². The number of hydrogen-bond acceptors (Lipinski definition) is 3. The number of aryl methyl sites for hydroxylation is 1. The van der Waals surface area contributed by atoms with Crippen LogP contribution in [0.3, 0.4) is 0 Å². The summed E-state index contributed by atoms with van der Waals surface area (Å²) in [6, 6.07) is 13.6. The summed E-state index contributed by atoms with van der Waals surface area (Å²) in [7, 11) is 0. The van der Waals surface area contributed by atoms with Crippen LogP contribution in [0.25, 0.3) is 0 Å². The van der Waals surface area contributed by atoms with E-state index in [1.807, 2.05) is 30.3 Å². The molecule has 1 N–H and O–H groups in total. The third-order valence-corrected chi connectivity index (χ3v) is 3.80. The van der Waals surface area contributed by atoms with Crippen molar-refractivity contribution in [2.24, 2.45) is 0 Å². The third kappa shape index (κ3) is 4.19. The van der Waals surface area contributed by atoms with Crippen LogP contribution in [0.1, 0.15) is 25.0 Å². The molecule has 4 nitrogen and oxygen atoms in total. The number of carbonyl (C=O) groups is 2. The fourth-order valence-corrected chi connectivity index (χ4v) is 2.15. The minimum atomic E-state index is -0.864. The Hall–Kier alpha value is -2.69. The minimum absolute atomic E-state index is 0.321. The van der Waals surface area contributed by atoms with Gasteiger partial charge in [0, 0.05) is 5.69 Å². The Labute approximate surface area is 140 Å². The molecule has 1 amide bonds. The predicted molar refractivity (Wildman–Crippen MR) is 90.2 cm³/mol. The monoisotopic (exact) mass is 329 g/mol. The van der Waals surface area contributed by atoms with E-state index in [-0.39, 0.29) is 0 Å². The molecule has 0 aliphatic heterocycles. The van der Waals surface area contributed by atoms with E-state index in [0.29, 0.717) is 11.3 Å². The molecule has 24 heavy (non-hydrogen) atoms. The van der Waals surface area contributed by atoms with Gasteiger partial charge in [0.15, 0.2) is 6.61 Å². The maximum Gasteiger partial charge on any atom is 0.316 e. The fourth-order valence-electron chi connectivity index (χ4n) is 2.15. The van der Waals surface area contributed by atoms with Gasteiger partial charge in [-0.25, -0.2) is 4.39 Å². The molecule has 0 radical (unpaired) electrons. The number of benzene rings is 2. The number of carbonyl (C=O) groups excluding carboxylic acids is 2. The summed E-state index contributed by atoms with van der Waals surface area (Å²) in [5, 5.41) is 2.50. The normalized spacial score (nSPS) is 11.0. The number of halogens is 1. The lowest BCUT2D eigenvalue weighted by Crippen LogP contribution is -2.33. The number of anilines is 1. The summed E-state index contributed by atoms with van der Waals surface area (Å²) < 4.78 is 18.6. The molecule has 0 fully saturated rings. The van der Waals surface area contributed by atoms with Crippen molar-refractivity contribution < 1.29 is 18.7 Å². The standard InChI is InChI=1S/C19H20FNO3/c1-13-9-10-15(11-16(13)20)21-17(22)12-24-18(23)19(2,3)14-7-5-4-6-8-14/h4-11H,12H2,1-3H3,(H,21,22). The highest BCUT2D eigenvalue weighted by Crippen LogP contribution is 2.24. The summed E-state index contributed by atoms with van der Waals surface area (Å²) in [5.41, 5.74) is 0.749. The molecule has 0 aliphatic carbocycles. The Morgan fingerprint density at radius 1 is 1.12 bits per heavy atom. The van der Waals surface area contributed by atoms with E-state index in [1.165, 1.54) is 6.07 Å². The second-order valence-electron chi connectivity index (χ2n) is 6.08. The lowest BCUT2D eigenvalue weighted by Gasteiger charge is -2.22. The van der Waals surface area contributed by atoms with Crippen molar-refractivity contribution in [2.45, 2.75) is 26.2 Å². The van der Waals surface area contributed by atoms with Crippen molar-refractivity contribution in [3.05, 3.63) is 65.5 Å². The highest BCUT2D eigenvalue weighted by molar-refractivity contribution is 5.93. The molecule has 0 heterocycles. The molecular formula is C19H20FNO3. The number of amides is 1. The van der Waals surface area contributed by atoms with E-state index in [2.05, 4.69) is 5.32 Å². The van der Waals surface area contributed by atoms with E-state index in [9.17, 15) is 14.0 Å². The molecule has 2 rings (SSSR count). The van der Waals surface area contributed by atoms with Gasteiger partial charge in [-0.05, 0) is 44.0 Å². The van der Waals surface area contributed by atoms with Crippen LogP contribution in [0.5, 0.6) is 0 Å². The van der Waals surface area contributed by atoms with Crippen molar-refractivity contribution >= 4 is 17.6 Å². The lowest BCUT2D eigenvalue weighted by atomic mass is 9.85. The van der Waals surface area contributed by atoms with Crippen molar-refractivity contribution in [1.82, 2.24) is 0 Å². The number of ether oxygens (including phenoxy) is 1. The number of hydrogen-bond donors (Lipinski definition) is 1. The predicted octanol–water partition coefficient (Wildman–Crippen LogP) is 3.59. The Morgan fingerprint density at radius 3 is 2.42 bits per heavy atom. The zero-order chi connectivity index (χ0) is 17.7. The average Bonchev–Trinajstić information content (AvgIpc) is 2.56. The van der Waals surface area contributed by atoms with Crippen LogP contribution in [-0.4, -0.2) is 18.5 Å². The van der Waals surface area contributed by atoms with E-state index in [0.717, 1.165) is 5.56 Å². The molecule has 2 aromatic rings. The second-order valence-corrected chi connectivity index (χ2v) is 6.08. The topological polar surface area (TPSA) is 55.4 Å². The van der Waals surface area contributed by atoms with Gasteiger partial charge in [-0.15, -0.1) is 0 Å². The van der Waals surface area contributed by atoms with Crippen LogP contribution in [0.15, 0.2) is 48.5 Å². The number of esters is 1. The summed E-state index contributed by atoms with van der Waals surface area (Å²) in [4.78, 5) is 24.1. The van der Waals surface area contributed by atoms with E-state index >= 15 is 0 Å². The Kier molecular flexibility index (Phi) is 5.34. The van der Waals surface area contributed by atoms with Crippen LogP contribution >= 0.6 is 0 Å². The van der Waals surface area contributed by atoms with Gasteiger partial charge in [-0.2, -0.15) is 0 Å². The quantitative estimate of drug-likeness (QED) is 0.853. The molecule has 0 atom stereocenters. The maximum absolute atomic E-state index is 13.5. The average molecular weight is 329 g/mol. The maximum atomic E-state index is 13.5. The summed E-state index contributed by atoms with van der Waals surface area (Å²) in [6.07, 6.45) is 0. The van der Waals surface area contributed by atoms with Gasteiger partial charge < -0.3 is 10.1 Å². The van der Waals surface area contributed by atoms with Gasteiger partial charge in [0.2, 0.25) is 0 Å². The van der Waals surface area contributed by atoms with E-state index in [4.69, 9.17) is 4.74 Å². The zero-order valence-electron chi connectivity index (χ0n) is 13.9. The first kappa shape index (κ1) is 17.7. The number of nitrogens with one attached hydrogen (secondary N) is 1. The Bertz CT molecular complexity index is 742. The molecule has 0 saturated heterocycles. The molecule has 0 unspecified atom stereocenters. The van der Waals surface area contributed by atoms with Crippen LogP contribution in [-0.2, 0) is 19.7 Å². The molecule has 0 spiro atoms.